The van der Waals surface area contributed by atoms with Gasteiger partial charge < -0.3 is 4.90 Å². The third-order valence-corrected chi connectivity index (χ3v) is 3.75. The van der Waals surface area contributed by atoms with E-state index in [2.05, 4.69) is 5.10 Å². The minimum atomic E-state index is -0.418. The van der Waals surface area contributed by atoms with E-state index in [0.717, 1.165) is 5.69 Å². The van der Waals surface area contributed by atoms with Gasteiger partial charge >= 0.3 is 0 Å². The lowest BCUT2D eigenvalue weighted by Crippen LogP contribution is -2.52. The summed E-state index contributed by atoms with van der Waals surface area (Å²) in [5.74, 6) is -0.400. The van der Waals surface area contributed by atoms with Crippen LogP contribution in [0.25, 0.3) is 0 Å². The van der Waals surface area contributed by atoms with Gasteiger partial charge in [-0.25, -0.2) is 9.07 Å². The molecule has 0 aliphatic carbocycles. The highest BCUT2D eigenvalue weighted by molar-refractivity contribution is 5.94. The molecule has 0 radical (unpaired) electrons. The van der Waals surface area contributed by atoms with E-state index in [1.165, 1.54) is 28.9 Å². The maximum atomic E-state index is 13.1. The number of carbonyl (C=O) groups excluding carboxylic acids is 1. The number of carbonyl (C=O) groups is 1. The second kappa shape index (κ2) is 5.71. The SMILES string of the molecule is Cc1ccc(=O)n(CC2CN(C(=O)c3cccc(F)c3)C2)n1. The average Bonchev–Trinajstić information content (AvgIpc) is 2.45. The summed E-state index contributed by atoms with van der Waals surface area (Å²) in [6.07, 6.45) is 0. The highest BCUT2D eigenvalue weighted by atomic mass is 19.1. The first kappa shape index (κ1) is 14.4. The predicted octanol–water partition coefficient (Wildman–Crippen LogP) is 1.46. The Hall–Kier alpha value is -2.50. The van der Waals surface area contributed by atoms with E-state index >= 15 is 0 Å². The summed E-state index contributed by atoms with van der Waals surface area (Å²) in [4.78, 5) is 25.5. The van der Waals surface area contributed by atoms with Crippen LogP contribution in [0, 0.1) is 18.7 Å². The van der Waals surface area contributed by atoms with Crippen LogP contribution in [0.15, 0.2) is 41.2 Å². The van der Waals surface area contributed by atoms with Crippen molar-refractivity contribution in [3.8, 4) is 0 Å². The molecule has 2 heterocycles. The minimum absolute atomic E-state index is 0.138. The molecule has 1 amide bonds. The van der Waals surface area contributed by atoms with Gasteiger partial charge in [-0.2, -0.15) is 5.10 Å². The minimum Gasteiger partial charge on any atom is -0.338 e. The van der Waals surface area contributed by atoms with Crippen molar-refractivity contribution in [2.24, 2.45) is 5.92 Å². The first-order valence-corrected chi connectivity index (χ1v) is 7.12. The van der Waals surface area contributed by atoms with Crippen molar-refractivity contribution < 1.29 is 9.18 Å². The molecule has 1 fully saturated rings. The van der Waals surface area contributed by atoms with Crippen LogP contribution in [0.3, 0.4) is 0 Å². The number of likely N-dealkylation sites (tertiary alicyclic amines) is 1. The number of nitrogens with zero attached hydrogens (tertiary/aromatic N) is 3. The fourth-order valence-electron chi connectivity index (χ4n) is 2.58. The molecule has 1 saturated heterocycles. The number of halogens is 1. The quantitative estimate of drug-likeness (QED) is 0.862. The van der Waals surface area contributed by atoms with E-state index in [1.54, 1.807) is 17.0 Å². The molecule has 6 heteroatoms. The van der Waals surface area contributed by atoms with Crippen LogP contribution in [-0.4, -0.2) is 33.7 Å². The molecule has 3 rings (SSSR count). The normalized spacial score (nSPS) is 14.7. The molecular formula is C16H16FN3O2. The number of benzene rings is 1. The van der Waals surface area contributed by atoms with Crippen molar-refractivity contribution in [3.63, 3.8) is 0 Å². The lowest BCUT2D eigenvalue weighted by molar-refractivity contribution is 0.0457. The Labute approximate surface area is 127 Å². The molecular weight excluding hydrogens is 285 g/mol. The molecule has 1 aromatic carbocycles. The fourth-order valence-corrected chi connectivity index (χ4v) is 2.58. The molecule has 0 unspecified atom stereocenters. The van der Waals surface area contributed by atoms with Crippen LogP contribution in [-0.2, 0) is 6.54 Å². The lowest BCUT2D eigenvalue weighted by atomic mass is 9.99. The molecule has 0 N–H and O–H groups in total. The van der Waals surface area contributed by atoms with Gasteiger partial charge in [0.05, 0.1) is 12.2 Å². The highest BCUT2D eigenvalue weighted by Crippen LogP contribution is 2.20. The zero-order valence-corrected chi connectivity index (χ0v) is 12.2. The largest absolute Gasteiger partial charge is 0.338 e. The Kier molecular flexibility index (Phi) is 3.75. The van der Waals surface area contributed by atoms with E-state index in [9.17, 15) is 14.0 Å². The number of aromatic nitrogens is 2. The standard InChI is InChI=1S/C16H16FN3O2/c1-11-5-6-15(21)20(18-11)10-12-8-19(9-12)16(22)13-3-2-4-14(17)7-13/h2-7,12H,8-10H2,1H3. The van der Waals surface area contributed by atoms with Crippen LogP contribution in [0.2, 0.25) is 0 Å². The third-order valence-electron chi connectivity index (χ3n) is 3.75. The molecule has 0 bridgehead atoms. The van der Waals surface area contributed by atoms with Gasteiger partial charge in [-0.3, -0.25) is 9.59 Å². The Balaban J connectivity index is 1.61. The molecule has 0 saturated carbocycles. The fraction of sp³-hybridized carbons (Fsp3) is 0.312. The van der Waals surface area contributed by atoms with Crippen molar-refractivity contribution >= 4 is 5.91 Å². The molecule has 2 aromatic rings. The van der Waals surface area contributed by atoms with Crippen LogP contribution < -0.4 is 5.56 Å². The number of hydrogen-bond donors (Lipinski definition) is 0. The second-order valence-electron chi connectivity index (χ2n) is 5.58. The van der Waals surface area contributed by atoms with Crippen molar-refractivity contribution in [1.82, 2.24) is 14.7 Å². The van der Waals surface area contributed by atoms with Gasteiger partial charge in [-0.1, -0.05) is 6.07 Å². The number of aryl methyl sites for hydroxylation is 1. The Bertz CT molecular complexity index is 766. The van der Waals surface area contributed by atoms with Crippen LogP contribution in [0.1, 0.15) is 16.1 Å². The molecule has 0 atom stereocenters. The van der Waals surface area contributed by atoms with E-state index in [4.69, 9.17) is 0 Å². The molecule has 1 aromatic heterocycles. The molecule has 114 valence electrons. The topological polar surface area (TPSA) is 55.2 Å². The van der Waals surface area contributed by atoms with Crippen LogP contribution >= 0.6 is 0 Å². The monoisotopic (exact) mass is 301 g/mol. The lowest BCUT2D eigenvalue weighted by Gasteiger charge is -2.39. The maximum Gasteiger partial charge on any atom is 0.266 e. The summed E-state index contributed by atoms with van der Waals surface area (Å²) in [5.41, 5.74) is 0.997. The summed E-state index contributed by atoms with van der Waals surface area (Å²) < 4.78 is 14.6. The van der Waals surface area contributed by atoms with Crippen LogP contribution in [0.5, 0.6) is 0 Å². The molecule has 22 heavy (non-hydrogen) atoms. The zero-order valence-electron chi connectivity index (χ0n) is 12.2. The zero-order chi connectivity index (χ0) is 15.7. The van der Waals surface area contributed by atoms with Gasteiger partial charge in [0, 0.05) is 30.6 Å². The van der Waals surface area contributed by atoms with Gasteiger partial charge in [-0.05, 0) is 31.2 Å². The van der Waals surface area contributed by atoms with Gasteiger partial charge in [0.2, 0.25) is 0 Å². The van der Waals surface area contributed by atoms with E-state index in [1.807, 2.05) is 6.92 Å². The van der Waals surface area contributed by atoms with Crippen molar-refractivity contribution in [2.45, 2.75) is 13.5 Å². The van der Waals surface area contributed by atoms with E-state index in [0.29, 0.717) is 25.2 Å². The summed E-state index contributed by atoms with van der Waals surface area (Å²) in [7, 11) is 0. The summed E-state index contributed by atoms with van der Waals surface area (Å²) >= 11 is 0. The number of hydrogen-bond acceptors (Lipinski definition) is 3. The number of amides is 1. The smallest absolute Gasteiger partial charge is 0.266 e. The second-order valence-corrected chi connectivity index (χ2v) is 5.58. The van der Waals surface area contributed by atoms with Gasteiger partial charge in [-0.15, -0.1) is 0 Å². The Morgan fingerprint density at radius 3 is 2.82 bits per heavy atom. The highest BCUT2D eigenvalue weighted by Gasteiger charge is 2.31. The van der Waals surface area contributed by atoms with E-state index in [-0.39, 0.29) is 17.4 Å². The van der Waals surface area contributed by atoms with Crippen molar-refractivity contribution in [3.05, 3.63) is 63.8 Å². The molecule has 5 nitrogen and oxygen atoms in total. The first-order chi connectivity index (χ1) is 10.5. The summed E-state index contributed by atoms with van der Waals surface area (Å²) in [5, 5.41) is 4.19. The molecule has 0 spiro atoms. The van der Waals surface area contributed by atoms with E-state index < -0.39 is 5.82 Å². The van der Waals surface area contributed by atoms with Gasteiger partial charge in [0.1, 0.15) is 5.82 Å². The molecule has 1 aliphatic heterocycles. The summed E-state index contributed by atoms with van der Waals surface area (Å²) in [6, 6.07) is 8.85. The first-order valence-electron chi connectivity index (χ1n) is 7.12. The van der Waals surface area contributed by atoms with Crippen molar-refractivity contribution in [2.75, 3.05) is 13.1 Å². The van der Waals surface area contributed by atoms with Gasteiger partial charge in [0.15, 0.2) is 0 Å². The Morgan fingerprint density at radius 1 is 1.32 bits per heavy atom. The van der Waals surface area contributed by atoms with Gasteiger partial charge in [0.25, 0.3) is 11.5 Å². The Morgan fingerprint density at radius 2 is 2.09 bits per heavy atom. The van der Waals surface area contributed by atoms with Crippen LogP contribution in [0.4, 0.5) is 4.39 Å². The predicted molar refractivity (Wildman–Crippen MR) is 79.0 cm³/mol. The average molecular weight is 301 g/mol. The third kappa shape index (κ3) is 2.90. The number of rotatable bonds is 3. The summed E-state index contributed by atoms with van der Waals surface area (Å²) in [6.45, 7) is 3.43. The maximum absolute atomic E-state index is 13.1. The molecule has 1 aliphatic rings. The van der Waals surface area contributed by atoms with Crippen molar-refractivity contribution in [1.29, 1.82) is 0 Å².